The van der Waals surface area contributed by atoms with Crippen molar-refractivity contribution in [3.05, 3.63) is 35.4 Å². The predicted octanol–water partition coefficient (Wildman–Crippen LogP) is 4.62. The lowest BCUT2D eigenvalue weighted by Crippen LogP contribution is -2.17. The molecule has 0 amide bonds. The molecule has 154 valence electrons. The average Bonchev–Trinajstić information content (AvgIpc) is 2.72. The van der Waals surface area contributed by atoms with Crippen molar-refractivity contribution in [3.8, 4) is 28.8 Å². The van der Waals surface area contributed by atoms with Crippen molar-refractivity contribution in [2.75, 3.05) is 20.8 Å². The zero-order valence-electron chi connectivity index (χ0n) is 16.4. The van der Waals surface area contributed by atoms with E-state index in [9.17, 15) is 18.8 Å². The van der Waals surface area contributed by atoms with Gasteiger partial charge in [-0.15, -0.1) is 0 Å². The van der Waals surface area contributed by atoms with Crippen LogP contribution in [0.5, 0.6) is 11.5 Å². The van der Waals surface area contributed by atoms with Gasteiger partial charge < -0.3 is 14.2 Å². The summed E-state index contributed by atoms with van der Waals surface area (Å²) in [5, 5.41) is 8.74. The number of esters is 1. The maximum atomic E-state index is 13.6. The molecule has 0 aliphatic heterocycles. The Morgan fingerprint density at radius 1 is 1.24 bits per heavy atom. The van der Waals surface area contributed by atoms with Crippen molar-refractivity contribution < 1.29 is 27.8 Å². The van der Waals surface area contributed by atoms with Gasteiger partial charge in [0.2, 0.25) is 0 Å². The number of hydrogen-bond acceptors (Lipinski definition) is 7. The molecule has 0 N–H and O–H groups in total. The number of carbonyl (C=O) groups is 1. The minimum atomic E-state index is -2.89. The number of benzene rings is 1. The fraction of sp³-hybridized carbons (Fsp3) is 0.350. The van der Waals surface area contributed by atoms with Crippen LogP contribution in [0.1, 0.15) is 31.4 Å². The molecule has 2 aromatic rings. The second kappa shape index (κ2) is 10.1. The van der Waals surface area contributed by atoms with Gasteiger partial charge in [0.25, 0.3) is 6.43 Å². The third-order valence-corrected chi connectivity index (χ3v) is 5.01. The van der Waals surface area contributed by atoms with Crippen LogP contribution in [0.4, 0.5) is 8.78 Å². The monoisotopic (exact) mass is 422 g/mol. The van der Waals surface area contributed by atoms with E-state index < -0.39 is 23.2 Å². The minimum Gasteiger partial charge on any atom is -0.493 e. The highest BCUT2D eigenvalue weighted by atomic mass is 32.2. The molecular formula is C20H20F2N2O4S. The number of methoxy groups -OCH3 is 2. The van der Waals surface area contributed by atoms with Crippen molar-refractivity contribution in [1.29, 1.82) is 5.26 Å². The van der Waals surface area contributed by atoms with Gasteiger partial charge in [-0.05, 0) is 38.1 Å². The summed E-state index contributed by atoms with van der Waals surface area (Å²) >= 11 is 0.903. The van der Waals surface area contributed by atoms with Crippen molar-refractivity contribution in [2.24, 2.45) is 0 Å². The maximum Gasteiger partial charge on any atom is 0.319 e. The Hall–Kier alpha value is -2.86. The van der Waals surface area contributed by atoms with Crippen molar-refractivity contribution in [2.45, 2.75) is 30.5 Å². The van der Waals surface area contributed by atoms with E-state index in [1.54, 1.807) is 38.1 Å². The number of rotatable bonds is 8. The summed E-state index contributed by atoms with van der Waals surface area (Å²) in [5.41, 5.74) is 0.00899. The molecule has 1 aromatic heterocycles. The molecule has 1 unspecified atom stereocenters. The number of thioether (sulfide) groups is 1. The Balaban J connectivity index is 2.59. The number of ether oxygens (including phenoxy) is 3. The number of alkyl halides is 2. The summed E-state index contributed by atoms with van der Waals surface area (Å²) < 4.78 is 42.7. The number of nitriles is 1. The summed E-state index contributed by atoms with van der Waals surface area (Å²) in [4.78, 5) is 16.3. The molecule has 29 heavy (non-hydrogen) atoms. The first-order valence-electron chi connectivity index (χ1n) is 8.65. The molecule has 0 fully saturated rings. The third kappa shape index (κ3) is 5.15. The molecule has 0 radical (unpaired) electrons. The molecule has 0 aliphatic carbocycles. The predicted molar refractivity (Wildman–Crippen MR) is 104 cm³/mol. The second-order valence-corrected chi connectivity index (χ2v) is 7.10. The Labute approximate surface area is 171 Å². The van der Waals surface area contributed by atoms with Gasteiger partial charge in [-0.1, -0.05) is 11.8 Å². The van der Waals surface area contributed by atoms with Gasteiger partial charge in [0.05, 0.1) is 32.1 Å². The van der Waals surface area contributed by atoms with Crippen molar-refractivity contribution >= 4 is 17.7 Å². The molecule has 1 aromatic carbocycles. The quantitative estimate of drug-likeness (QED) is 0.453. The van der Waals surface area contributed by atoms with E-state index in [-0.39, 0.29) is 22.9 Å². The van der Waals surface area contributed by atoms with Gasteiger partial charge in [-0.25, -0.2) is 13.8 Å². The summed E-state index contributed by atoms with van der Waals surface area (Å²) in [7, 11) is 2.94. The van der Waals surface area contributed by atoms with Crippen LogP contribution in [0.2, 0.25) is 0 Å². The van der Waals surface area contributed by atoms with Crippen LogP contribution in [-0.4, -0.2) is 37.0 Å². The van der Waals surface area contributed by atoms with Gasteiger partial charge in [-0.3, -0.25) is 4.79 Å². The molecule has 6 nitrogen and oxygen atoms in total. The van der Waals surface area contributed by atoms with Crippen LogP contribution < -0.4 is 9.47 Å². The van der Waals surface area contributed by atoms with Gasteiger partial charge in [0.1, 0.15) is 16.3 Å². The number of pyridine rings is 1. The average molecular weight is 422 g/mol. The van der Waals surface area contributed by atoms with E-state index in [4.69, 9.17) is 14.2 Å². The highest BCUT2D eigenvalue weighted by molar-refractivity contribution is 8.00. The Bertz CT molecular complexity index is 931. The summed E-state index contributed by atoms with van der Waals surface area (Å²) in [6.45, 7) is 3.42. The summed E-state index contributed by atoms with van der Waals surface area (Å²) in [6.07, 6.45) is -2.89. The van der Waals surface area contributed by atoms with Crippen LogP contribution in [-0.2, 0) is 9.53 Å². The fourth-order valence-electron chi connectivity index (χ4n) is 2.53. The lowest BCUT2D eigenvalue weighted by atomic mass is 10.1. The molecule has 0 saturated heterocycles. The topological polar surface area (TPSA) is 81.4 Å². The number of carbonyl (C=O) groups excluding carboxylic acids is 1. The lowest BCUT2D eigenvalue weighted by molar-refractivity contribution is -0.142. The fourth-order valence-corrected chi connectivity index (χ4v) is 3.46. The van der Waals surface area contributed by atoms with E-state index in [1.165, 1.54) is 20.3 Å². The van der Waals surface area contributed by atoms with E-state index in [1.807, 2.05) is 0 Å². The summed E-state index contributed by atoms with van der Waals surface area (Å²) in [5.74, 6) is 0.367. The Morgan fingerprint density at radius 3 is 2.48 bits per heavy atom. The SMILES string of the molecule is CCOC(=O)C(C)Sc1nc(-c2ccc(OC)c(OC)c2)cc(C(F)F)c1C#N. The molecule has 2 rings (SSSR count). The first-order chi connectivity index (χ1) is 13.9. The van der Waals surface area contributed by atoms with E-state index in [0.717, 1.165) is 11.8 Å². The molecule has 1 atom stereocenters. The van der Waals surface area contributed by atoms with Gasteiger partial charge >= 0.3 is 5.97 Å². The zero-order valence-corrected chi connectivity index (χ0v) is 17.2. The molecule has 0 saturated carbocycles. The first-order valence-corrected chi connectivity index (χ1v) is 9.53. The molecule has 0 aliphatic rings. The smallest absolute Gasteiger partial charge is 0.319 e. The van der Waals surface area contributed by atoms with E-state index >= 15 is 0 Å². The van der Waals surface area contributed by atoms with E-state index in [2.05, 4.69) is 4.98 Å². The molecule has 9 heteroatoms. The van der Waals surface area contributed by atoms with Gasteiger partial charge in [0, 0.05) is 11.1 Å². The second-order valence-electron chi connectivity index (χ2n) is 5.77. The normalized spacial score (nSPS) is 11.7. The molecule has 1 heterocycles. The highest BCUT2D eigenvalue weighted by Gasteiger charge is 2.24. The van der Waals surface area contributed by atoms with Crippen LogP contribution in [0.3, 0.4) is 0 Å². The summed E-state index contributed by atoms with van der Waals surface area (Å²) in [6, 6.07) is 7.83. The van der Waals surface area contributed by atoms with Crippen molar-refractivity contribution in [3.63, 3.8) is 0 Å². The molecule has 0 spiro atoms. The molecular weight excluding hydrogens is 402 g/mol. The largest absolute Gasteiger partial charge is 0.493 e. The Morgan fingerprint density at radius 2 is 1.93 bits per heavy atom. The number of nitrogens with zero attached hydrogens (tertiary/aromatic N) is 2. The van der Waals surface area contributed by atoms with E-state index in [0.29, 0.717) is 17.1 Å². The maximum absolute atomic E-state index is 13.6. The third-order valence-electron chi connectivity index (χ3n) is 3.95. The number of hydrogen-bond donors (Lipinski definition) is 0. The lowest BCUT2D eigenvalue weighted by Gasteiger charge is -2.15. The van der Waals surface area contributed by atoms with Crippen molar-refractivity contribution in [1.82, 2.24) is 4.98 Å². The number of aromatic nitrogens is 1. The molecule has 0 bridgehead atoms. The van der Waals surface area contributed by atoms with Crippen LogP contribution in [0.15, 0.2) is 29.3 Å². The first kappa shape index (κ1) is 22.4. The standard InChI is InChI=1S/C20H20F2N2O4S/c1-5-28-20(25)11(2)29-19-14(10-23)13(18(21)22)9-15(24-19)12-6-7-16(26-3)17(8-12)27-4/h6-9,11,18H,5H2,1-4H3. The van der Waals surface area contributed by atoms with Crippen LogP contribution >= 0.6 is 11.8 Å². The number of halogens is 2. The van der Waals surface area contributed by atoms with Crippen LogP contribution in [0.25, 0.3) is 11.3 Å². The Kier molecular flexibility index (Phi) is 7.79. The zero-order chi connectivity index (χ0) is 21.6. The van der Waals surface area contributed by atoms with Crippen LogP contribution in [0, 0.1) is 11.3 Å². The highest BCUT2D eigenvalue weighted by Crippen LogP contribution is 2.37. The minimum absolute atomic E-state index is 0.0376. The van der Waals surface area contributed by atoms with Gasteiger partial charge in [0.15, 0.2) is 11.5 Å². The van der Waals surface area contributed by atoms with Gasteiger partial charge in [-0.2, -0.15) is 5.26 Å².